The highest BCUT2D eigenvalue weighted by molar-refractivity contribution is 8.01. The minimum Gasteiger partial charge on any atom is -0.393 e. The Morgan fingerprint density at radius 3 is 2.89 bits per heavy atom. The summed E-state index contributed by atoms with van der Waals surface area (Å²) in [7, 11) is 0. The molecule has 0 aliphatic heterocycles. The fourth-order valence-corrected chi connectivity index (χ4v) is 2.79. The van der Waals surface area contributed by atoms with Gasteiger partial charge in [0.25, 0.3) is 0 Å². The fraction of sp³-hybridized carbons (Fsp3) is 0.455. The summed E-state index contributed by atoms with van der Waals surface area (Å²) >= 11 is 2.57. The van der Waals surface area contributed by atoms with E-state index in [-0.39, 0.29) is 18.3 Å². The molecule has 0 radical (unpaired) electrons. The summed E-state index contributed by atoms with van der Waals surface area (Å²) in [5.41, 5.74) is 0. The molecule has 1 aromatic rings. The Bertz CT molecular complexity index is 457. The summed E-state index contributed by atoms with van der Waals surface area (Å²) in [5, 5.41) is 3.76. The summed E-state index contributed by atoms with van der Waals surface area (Å²) in [6.45, 7) is 3.72. The molecule has 0 atom stereocenters. The first-order chi connectivity index (χ1) is 8.99. The van der Waals surface area contributed by atoms with Crippen LogP contribution in [0, 0.1) is 0 Å². The van der Waals surface area contributed by atoms with E-state index in [9.17, 15) is 13.2 Å². The average molecular weight is 310 g/mol. The van der Waals surface area contributed by atoms with Gasteiger partial charge in [0, 0.05) is 18.4 Å². The van der Waals surface area contributed by atoms with E-state index in [0.717, 1.165) is 4.88 Å². The van der Waals surface area contributed by atoms with E-state index < -0.39 is 11.9 Å². The zero-order valence-corrected chi connectivity index (χ0v) is 12.0. The lowest BCUT2D eigenvalue weighted by Crippen LogP contribution is -1.95. The molecular formula is C11H13F3N2OS2. The van der Waals surface area contributed by atoms with E-state index in [1.165, 1.54) is 29.3 Å². The van der Waals surface area contributed by atoms with E-state index in [1.54, 1.807) is 6.20 Å². The summed E-state index contributed by atoms with van der Waals surface area (Å²) in [4.78, 5) is 9.85. The second kappa shape index (κ2) is 8.21. The topological polar surface area (TPSA) is 34.5 Å². The molecule has 0 fully saturated rings. The quantitative estimate of drug-likeness (QED) is 0.423. The lowest BCUT2D eigenvalue weighted by atomic mass is 10.4. The maximum absolute atomic E-state index is 12.5. The molecule has 19 heavy (non-hydrogen) atoms. The molecule has 0 aliphatic rings. The number of aromatic nitrogens is 1. The maximum Gasteiger partial charge on any atom is 0.301 e. The van der Waals surface area contributed by atoms with Crippen LogP contribution in [0.25, 0.3) is 0 Å². The van der Waals surface area contributed by atoms with Crippen LogP contribution in [0.4, 0.5) is 13.2 Å². The van der Waals surface area contributed by atoms with Crippen LogP contribution in [0.1, 0.15) is 25.1 Å². The standard InChI is InChI=1S/C11H13F3N2OS2/c1-7(2)17-16-6-8-5-15-11(19-8)18-4-3-9(12)10(13)14/h5-7H,3-4H2,1-2H3/b16-6+. The fourth-order valence-electron chi connectivity index (χ4n) is 0.923. The zero-order chi connectivity index (χ0) is 14.3. The molecule has 0 saturated carbocycles. The minimum absolute atomic E-state index is 0.00313. The first-order valence-corrected chi connectivity index (χ1v) is 7.26. The third-order valence-corrected chi connectivity index (χ3v) is 3.80. The maximum atomic E-state index is 12.5. The molecule has 0 bridgehead atoms. The first-order valence-electron chi connectivity index (χ1n) is 5.46. The molecule has 0 aliphatic carbocycles. The van der Waals surface area contributed by atoms with Crippen molar-refractivity contribution in [3.63, 3.8) is 0 Å². The smallest absolute Gasteiger partial charge is 0.301 e. The Balaban J connectivity index is 2.39. The van der Waals surface area contributed by atoms with Gasteiger partial charge in [0.15, 0.2) is 5.83 Å². The van der Waals surface area contributed by atoms with Gasteiger partial charge in [0.05, 0.1) is 11.1 Å². The highest BCUT2D eigenvalue weighted by atomic mass is 32.2. The molecule has 3 nitrogen and oxygen atoms in total. The molecule has 1 heterocycles. The van der Waals surface area contributed by atoms with Crippen molar-refractivity contribution < 1.29 is 18.0 Å². The highest BCUT2D eigenvalue weighted by Crippen LogP contribution is 2.26. The van der Waals surface area contributed by atoms with Gasteiger partial charge in [-0.2, -0.15) is 8.78 Å². The minimum atomic E-state index is -2.25. The van der Waals surface area contributed by atoms with Gasteiger partial charge in [0.2, 0.25) is 0 Å². The molecular weight excluding hydrogens is 297 g/mol. The molecule has 1 rings (SSSR count). The Morgan fingerprint density at radius 1 is 1.53 bits per heavy atom. The summed E-state index contributed by atoms with van der Waals surface area (Å²) < 4.78 is 36.8. The number of thioether (sulfide) groups is 1. The number of hydrogen-bond donors (Lipinski definition) is 0. The number of oxime groups is 1. The average Bonchev–Trinajstić information content (AvgIpc) is 2.76. The predicted molar refractivity (Wildman–Crippen MR) is 71.6 cm³/mol. The second-order valence-corrected chi connectivity index (χ2v) is 6.09. The van der Waals surface area contributed by atoms with E-state index >= 15 is 0 Å². The number of nitrogens with zero attached hydrogens (tertiary/aromatic N) is 2. The monoisotopic (exact) mass is 310 g/mol. The summed E-state index contributed by atoms with van der Waals surface area (Å²) in [6.07, 6.45) is 0.583. The Kier molecular flexibility index (Phi) is 6.93. The molecule has 0 amide bonds. The molecule has 106 valence electrons. The van der Waals surface area contributed by atoms with Crippen LogP contribution >= 0.6 is 23.1 Å². The van der Waals surface area contributed by atoms with Crippen LogP contribution < -0.4 is 0 Å². The molecule has 1 aromatic heterocycles. The number of allylic oxidation sites excluding steroid dienone is 1. The molecule has 0 aromatic carbocycles. The van der Waals surface area contributed by atoms with Crippen LogP contribution in [0.2, 0.25) is 0 Å². The third-order valence-electron chi connectivity index (χ3n) is 1.71. The van der Waals surface area contributed by atoms with Gasteiger partial charge in [-0.15, -0.1) is 11.3 Å². The predicted octanol–water partition coefficient (Wildman–Crippen LogP) is 4.46. The molecule has 0 unspecified atom stereocenters. The second-order valence-electron chi connectivity index (χ2n) is 3.68. The van der Waals surface area contributed by atoms with Crippen LogP contribution in [0.5, 0.6) is 0 Å². The van der Waals surface area contributed by atoms with Crippen molar-refractivity contribution in [3.8, 4) is 0 Å². The number of halogens is 3. The van der Waals surface area contributed by atoms with Crippen LogP contribution in [0.15, 0.2) is 27.6 Å². The van der Waals surface area contributed by atoms with Gasteiger partial charge in [-0.05, 0) is 13.8 Å². The van der Waals surface area contributed by atoms with Crippen LogP contribution in [-0.2, 0) is 4.84 Å². The van der Waals surface area contributed by atoms with E-state index in [0.29, 0.717) is 4.34 Å². The number of rotatable bonds is 7. The van der Waals surface area contributed by atoms with E-state index in [2.05, 4.69) is 10.1 Å². The summed E-state index contributed by atoms with van der Waals surface area (Å²) in [6, 6.07) is 0. The highest BCUT2D eigenvalue weighted by Gasteiger charge is 2.06. The van der Waals surface area contributed by atoms with Crippen molar-refractivity contribution in [1.29, 1.82) is 0 Å². The molecule has 8 heteroatoms. The van der Waals surface area contributed by atoms with Crippen LogP contribution in [-0.4, -0.2) is 23.1 Å². The van der Waals surface area contributed by atoms with Gasteiger partial charge >= 0.3 is 6.08 Å². The zero-order valence-electron chi connectivity index (χ0n) is 10.4. The van der Waals surface area contributed by atoms with Crippen LogP contribution in [0.3, 0.4) is 0 Å². The van der Waals surface area contributed by atoms with Gasteiger partial charge in [-0.25, -0.2) is 9.37 Å². The Hall–Kier alpha value is -1.02. The van der Waals surface area contributed by atoms with Crippen molar-refractivity contribution in [2.24, 2.45) is 5.16 Å². The number of hydrogen-bond acceptors (Lipinski definition) is 5. The normalized spacial score (nSPS) is 11.3. The third kappa shape index (κ3) is 6.63. The lowest BCUT2D eigenvalue weighted by molar-refractivity contribution is 0.0874. The van der Waals surface area contributed by atoms with Crippen molar-refractivity contribution in [3.05, 3.63) is 23.0 Å². The summed E-state index contributed by atoms with van der Waals surface area (Å²) in [5.74, 6) is -1.15. The Morgan fingerprint density at radius 2 is 2.26 bits per heavy atom. The van der Waals surface area contributed by atoms with Crippen molar-refractivity contribution in [2.75, 3.05) is 5.75 Å². The van der Waals surface area contributed by atoms with Crippen molar-refractivity contribution in [1.82, 2.24) is 4.98 Å². The van der Waals surface area contributed by atoms with Gasteiger partial charge in [0.1, 0.15) is 10.4 Å². The van der Waals surface area contributed by atoms with Crippen molar-refractivity contribution in [2.45, 2.75) is 30.7 Å². The largest absolute Gasteiger partial charge is 0.393 e. The van der Waals surface area contributed by atoms with Gasteiger partial charge < -0.3 is 4.84 Å². The Labute approximate surface area is 117 Å². The molecule has 0 spiro atoms. The molecule has 0 saturated heterocycles. The van der Waals surface area contributed by atoms with E-state index in [4.69, 9.17) is 4.84 Å². The first kappa shape index (κ1) is 16.0. The van der Waals surface area contributed by atoms with Gasteiger partial charge in [-0.3, -0.25) is 0 Å². The van der Waals surface area contributed by atoms with E-state index in [1.807, 2.05) is 13.8 Å². The number of thiazole rings is 1. The van der Waals surface area contributed by atoms with Crippen molar-refractivity contribution >= 4 is 29.3 Å². The van der Waals surface area contributed by atoms with Gasteiger partial charge in [-0.1, -0.05) is 16.9 Å². The SMILES string of the molecule is CC(C)O/N=C/c1cnc(SCCC(F)=C(F)F)s1. The lowest BCUT2D eigenvalue weighted by Gasteiger charge is -1.98. The molecule has 0 N–H and O–H groups in total.